The highest BCUT2D eigenvalue weighted by Gasteiger charge is 2.35. The Morgan fingerprint density at radius 3 is 2.44 bits per heavy atom. The van der Waals surface area contributed by atoms with Crippen molar-refractivity contribution in [2.75, 3.05) is 38.6 Å². The van der Waals surface area contributed by atoms with Crippen molar-refractivity contribution in [1.82, 2.24) is 4.90 Å². The molecular weight excluding hydrogens is 426 g/mol. The van der Waals surface area contributed by atoms with Gasteiger partial charge in [0.2, 0.25) is 0 Å². The molecule has 0 saturated carbocycles. The number of ketones is 2. The maximum atomic E-state index is 13.7. The summed E-state index contributed by atoms with van der Waals surface area (Å²) < 4.78 is 6.07. The number of benzene rings is 2. The molecule has 6 heteroatoms. The van der Waals surface area contributed by atoms with Gasteiger partial charge in [0.05, 0.1) is 17.2 Å². The van der Waals surface area contributed by atoms with Crippen molar-refractivity contribution in [2.45, 2.75) is 40.0 Å². The van der Waals surface area contributed by atoms with Gasteiger partial charge in [0.25, 0.3) is 0 Å². The molecule has 0 fully saturated rings. The van der Waals surface area contributed by atoms with Crippen molar-refractivity contribution in [1.29, 1.82) is 5.26 Å². The Labute approximate surface area is 202 Å². The molecule has 3 rings (SSSR count). The zero-order chi connectivity index (χ0) is 25.0. The van der Waals surface area contributed by atoms with Gasteiger partial charge in [-0.25, -0.2) is 0 Å². The summed E-state index contributed by atoms with van der Waals surface area (Å²) in [5.74, 6) is 0.231. The fourth-order valence-electron chi connectivity index (χ4n) is 4.42. The van der Waals surface area contributed by atoms with E-state index in [2.05, 4.69) is 30.1 Å². The molecule has 0 saturated heterocycles. The van der Waals surface area contributed by atoms with Crippen LogP contribution in [0.3, 0.4) is 0 Å². The van der Waals surface area contributed by atoms with E-state index in [1.165, 1.54) is 6.92 Å². The first kappa shape index (κ1) is 25.2. The first-order chi connectivity index (χ1) is 16.2. The molecule has 0 unspecified atom stereocenters. The summed E-state index contributed by atoms with van der Waals surface area (Å²) in [4.78, 5) is 28.4. The number of likely N-dealkylation sites (N-methyl/N-ethyl adjacent to an activating group) is 1. The minimum absolute atomic E-state index is 0.142. The standard InChI is InChI=1S/C28H33N3O3/c1-7-31(8-2)11-12-34-26-15-24-22(14-21(26)18(3)32)27(33)23(16-28(24,4)5)20-10-9-19(17-29)13-25(20)30-6/h9-10,13-16,30H,7-8,11-12H2,1-6H3. The summed E-state index contributed by atoms with van der Waals surface area (Å²) in [6.07, 6.45) is 1.97. The summed E-state index contributed by atoms with van der Waals surface area (Å²) in [5.41, 5.74) is 3.80. The Bertz CT molecular complexity index is 1180. The van der Waals surface area contributed by atoms with Crippen molar-refractivity contribution in [3.8, 4) is 11.8 Å². The number of nitrogens with zero attached hydrogens (tertiary/aromatic N) is 2. The molecule has 2 aromatic carbocycles. The minimum atomic E-state index is -0.468. The predicted octanol–water partition coefficient (Wildman–Crippen LogP) is 5.08. The van der Waals surface area contributed by atoms with Crippen molar-refractivity contribution < 1.29 is 14.3 Å². The SMILES string of the molecule is CCN(CC)CCOc1cc2c(cc1C(C)=O)C(=O)C(c1ccc(C#N)cc1NC)=CC2(C)C. The van der Waals surface area contributed by atoms with Crippen LogP contribution in [0.1, 0.15) is 72.0 Å². The molecule has 0 atom stereocenters. The number of anilines is 1. The number of ether oxygens (including phenoxy) is 1. The van der Waals surface area contributed by atoms with Gasteiger partial charge in [-0.15, -0.1) is 0 Å². The average Bonchev–Trinajstić information content (AvgIpc) is 2.83. The number of carbonyl (C=O) groups is 2. The lowest BCUT2D eigenvalue weighted by atomic mass is 9.72. The molecule has 0 bridgehead atoms. The van der Waals surface area contributed by atoms with E-state index in [-0.39, 0.29) is 11.6 Å². The predicted molar refractivity (Wildman–Crippen MR) is 136 cm³/mol. The number of hydrogen-bond acceptors (Lipinski definition) is 6. The molecule has 178 valence electrons. The van der Waals surface area contributed by atoms with Gasteiger partial charge in [-0.1, -0.05) is 39.8 Å². The van der Waals surface area contributed by atoms with E-state index in [0.717, 1.165) is 30.8 Å². The van der Waals surface area contributed by atoms with Gasteiger partial charge in [0.1, 0.15) is 12.4 Å². The van der Waals surface area contributed by atoms with E-state index >= 15 is 0 Å². The van der Waals surface area contributed by atoms with Crippen molar-refractivity contribution in [3.63, 3.8) is 0 Å². The van der Waals surface area contributed by atoms with E-state index < -0.39 is 5.41 Å². The molecule has 34 heavy (non-hydrogen) atoms. The molecule has 0 aliphatic heterocycles. The zero-order valence-electron chi connectivity index (χ0n) is 20.9. The number of carbonyl (C=O) groups excluding carboxylic acids is 2. The number of nitriles is 1. The lowest BCUT2D eigenvalue weighted by molar-refractivity contribution is 0.101. The molecule has 0 radical (unpaired) electrons. The second-order valence-corrected chi connectivity index (χ2v) is 9.06. The monoisotopic (exact) mass is 459 g/mol. The molecule has 1 aliphatic carbocycles. The molecule has 0 heterocycles. The van der Waals surface area contributed by atoms with Gasteiger partial charge in [-0.2, -0.15) is 5.26 Å². The molecule has 0 spiro atoms. The van der Waals surface area contributed by atoms with E-state index in [1.54, 1.807) is 31.3 Å². The van der Waals surface area contributed by atoms with Crippen molar-refractivity contribution in [3.05, 3.63) is 64.2 Å². The van der Waals surface area contributed by atoms with E-state index in [4.69, 9.17) is 4.74 Å². The number of Topliss-reactive ketones (excluding diaryl/α,β-unsaturated/α-hetero) is 2. The topological polar surface area (TPSA) is 82.4 Å². The van der Waals surface area contributed by atoms with Crippen LogP contribution in [0.15, 0.2) is 36.4 Å². The third-order valence-corrected chi connectivity index (χ3v) is 6.46. The van der Waals surface area contributed by atoms with Crippen molar-refractivity contribution in [2.24, 2.45) is 0 Å². The number of nitrogens with one attached hydrogen (secondary N) is 1. The Morgan fingerprint density at radius 1 is 1.15 bits per heavy atom. The van der Waals surface area contributed by atoms with Gasteiger partial charge in [0.15, 0.2) is 11.6 Å². The summed E-state index contributed by atoms with van der Waals surface area (Å²) in [6.45, 7) is 12.9. The van der Waals surface area contributed by atoms with Crippen LogP contribution < -0.4 is 10.1 Å². The van der Waals surface area contributed by atoms with Gasteiger partial charge < -0.3 is 15.0 Å². The van der Waals surface area contributed by atoms with Crippen LogP contribution in [0.2, 0.25) is 0 Å². The highest BCUT2D eigenvalue weighted by atomic mass is 16.5. The van der Waals surface area contributed by atoms with E-state index in [9.17, 15) is 14.9 Å². The van der Waals surface area contributed by atoms with Crippen molar-refractivity contribution >= 4 is 22.8 Å². The summed E-state index contributed by atoms with van der Waals surface area (Å²) >= 11 is 0. The van der Waals surface area contributed by atoms with Gasteiger partial charge in [0, 0.05) is 41.4 Å². The van der Waals surface area contributed by atoms with Crippen LogP contribution in [0, 0.1) is 11.3 Å². The fourth-order valence-corrected chi connectivity index (χ4v) is 4.42. The lowest BCUT2D eigenvalue weighted by Gasteiger charge is -2.32. The largest absolute Gasteiger partial charge is 0.491 e. The molecular formula is C28H33N3O3. The average molecular weight is 460 g/mol. The maximum absolute atomic E-state index is 13.7. The minimum Gasteiger partial charge on any atom is -0.491 e. The second kappa shape index (κ2) is 10.2. The third kappa shape index (κ3) is 4.90. The van der Waals surface area contributed by atoms with Gasteiger partial charge in [-0.05, 0) is 49.8 Å². The quantitative estimate of drug-likeness (QED) is 0.527. The smallest absolute Gasteiger partial charge is 0.193 e. The Morgan fingerprint density at radius 2 is 1.85 bits per heavy atom. The van der Waals surface area contributed by atoms with Crippen LogP contribution in [0.5, 0.6) is 5.75 Å². The Balaban J connectivity index is 2.06. The van der Waals surface area contributed by atoms with E-state index in [1.807, 2.05) is 26.0 Å². The van der Waals surface area contributed by atoms with Crippen LogP contribution in [-0.4, -0.2) is 49.8 Å². The Kier molecular flexibility index (Phi) is 7.58. The summed E-state index contributed by atoms with van der Waals surface area (Å²) in [7, 11) is 1.77. The van der Waals surface area contributed by atoms with E-state index in [0.29, 0.717) is 40.3 Å². The highest BCUT2D eigenvalue weighted by molar-refractivity contribution is 6.32. The maximum Gasteiger partial charge on any atom is 0.193 e. The molecule has 1 aliphatic rings. The third-order valence-electron chi connectivity index (χ3n) is 6.46. The fraction of sp³-hybridized carbons (Fsp3) is 0.393. The first-order valence-corrected chi connectivity index (χ1v) is 11.7. The lowest BCUT2D eigenvalue weighted by Crippen LogP contribution is -2.29. The molecule has 1 N–H and O–H groups in total. The van der Waals surface area contributed by atoms with Crippen LogP contribution >= 0.6 is 0 Å². The van der Waals surface area contributed by atoms with Gasteiger partial charge in [-0.3, -0.25) is 9.59 Å². The first-order valence-electron chi connectivity index (χ1n) is 11.7. The molecule has 6 nitrogen and oxygen atoms in total. The molecule has 0 amide bonds. The molecule has 2 aromatic rings. The number of rotatable bonds is 9. The number of allylic oxidation sites excluding steroid dienone is 2. The van der Waals surface area contributed by atoms with Crippen LogP contribution in [-0.2, 0) is 5.41 Å². The summed E-state index contributed by atoms with van der Waals surface area (Å²) in [6, 6.07) is 10.9. The second-order valence-electron chi connectivity index (χ2n) is 9.06. The normalized spacial score (nSPS) is 14.3. The molecule has 0 aromatic heterocycles. The Hall–Kier alpha value is -3.43. The van der Waals surface area contributed by atoms with Crippen LogP contribution in [0.4, 0.5) is 5.69 Å². The number of fused-ring (bicyclic) bond motifs is 1. The number of hydrogen-bond donors (Lipinski definition) is 1. The van der Waals surface area contributed by atoms with Gasteiger partial charge >= 0.3 is 0 Å². The highest BCUT2D eigenvalue weighted by Crippen LogP contribution is 2.42. The zero-order valence-corrected chi connectivity index (χ0v) is 20.9. The summed E-state index contributed by atoms with van der Waals surface area (Å²) in [5, 5.41) is 12.3. The van der Waals surface area contributed by atoms with Crippen LogP contribution in [0.25, 0.3) is 5.57 Å².